The number of methoxy groups -OCH3 is 1. The summed E-state index contributed by atoms with van der Waals surface area (Å²) in [6.07, 6.45) is 0. The highest BCUT2D eigenvalue weighted by atomic mass is 32.2. The second-order valence-corrected chi connectivity index (χ2v) is 4.98. The van der Waals surface area contributed by atoms with Gasteiger partial charge in [0.15, 0.2) is 0 Å². The normalized spacial score (nSPS) is 19.4. The summed E-state index contributed by atoms with van der Waals surface area (Å²) in [7, 11) is -1.84. The highest BCUT2D eigenvalue weighted by molar-refractivity contribution is 7.90. The molecule has 0 radical (unpaired) electrons. The molecule has 0 amide bonds. The van der Waals surface area contributed by atoms with Gasteiger partial charge in [0.1, 0.15) is 5.84 Å². The zero-order valence-corrected chi connectivity index (χ0v) is 9.62. The van der Waals surface area contributed by atoms with E-state index in [0.717, 1.165) is 0 Å². The van der Waals surface area contributed by atoms with Crippen LogP contribution in [0.4, 0.5) is 0 Å². The predicted octanol–water partition coefficient (Wildman–Crippen LogP) is 0.371. The number of benzene rings is 1. The smallest absolute Gasteiger partial charge is 0.263 e. The molecule has 6 heteroatoms. The van der Waals surface area contributed by atoms with Crippen LogP contribution in [-0.4, -0.2) is 34.5 Å². The highest BCUT2D eigenvalue weighted by Gasteiger charge is 2.29. The molecule has 0 saturated heterocycles. The maximum Gasteiger partial charge on any atom is 0.263 e. The fraction of sp³-hybridized carbons (Fsp3) is 0.300. The number of aliphatic imine (C=N–C) groups is 1. The maximum atomic E-state index is 11.7. The van der Waals surface area contributed by atoms with E-state index in [0.29, 0.717) is 24.6 Å². The number of hydrogen-bond donors (Lipinski definition) is 1. The zero-order valence-electron chi connectivity index (χ0n) is 8.80. The lowest BCUT2D eigenvalue weighted by Gasteiger charge is -1.98. The third-order valence-corrected chi connectivity index (χ3v) is 3.63. The lowest BCUT2D eigenvalue weighted by Crippen LogP contribution is -2.22. The Hall–Kier alpha value is -1.40. The highest BCUT2D eigenvalue weighted by Crippen LogP contribution is 2.21. The van der Waals surface area contributed by atoms with Gasteiger partial charge in [-0.3, -0.25) is 9.71 Å². The lowest BCUT2D eigenvalue weighted by molar-refractivity contribution is 0.208. The van der Waals surface area contributed by atoms with Crippen LogP contribution in [0.2, 0.25) is 0 Å². The van der Waals surface area contributed by atoms with E-state index >= 15 is 0 Å². The molecule has 1 aromatic rings. The molecule has 0 atom stereocenters. The van der Waals surface area contributed by atoms with E-state index in [1.54, 1.807) is 31.4 Å². The van der Waals surface area contributed by atoms with Gasteiger partial charge < -0.3 is 4.74 Å². The van der Waals surface area contributed by atoms with Gasteiger partial charge in [0.25, 0.3) is 10.0 Å². The van der Waals surface area contributed by atoms with Crippen molar-refractivity contribution in [2.24, 2.45) is 4.99 Å². The summed E-state index contributed by atoms with van der Waals surface area (Å²) in [5.41, 5.74) is 0.624. The number of sulfonamides is 1. The van der Waals surface area contributed by atoms with E-state index in [1.807, 2.05) is 0 Å². The van der Waals surface area contributed by atoms with Crippen molar-refractivity contribution in [3.05, 3.63) is 29.8 Å². The van der Waals surface area contributed by atoms with Gasteiger partial charge in [-0.15, -0.1) is 0 Å². The van der Waals surface area contributed by atoms with Crippen molar-refractivity contribution in [3.8, 4) is 0 Å². The average Bonchev–Trinajstić information content (AvgIpc) is 2.52. The Bertz CT molecular complexity index is 523. The van der Waals surface area contributed by atoms with Crippen molar-refractivity contribution in [1.29, 1.82) is 0 Å². The second kappa shape index (κ2) is 4.23. The van der Waals surface area contributed by atoms with Crippen LogP contribution >= 0.6 is 0 Å². The summed E-state index contributed by atoms with van der Waals surface area (Å²) < 4.78 is 30.6. The van der Waals surface area contributed by atoms with E-state index in [-0.39, 0.29) is 4.90 Å². The Labute approximate surface area is 94.2 Å². The van der Waals surface area contributed by atoms with Gasteiger partial charge in [-0.05, 0) is 12.1 Å². The molecule has 0 fully saturated rings. The minimum Gasteiger partial charge on any atom is -0.383 e. The van der Waals surface area contributed by atoms with Gasteiger partial charge in [-0.25, -0.2) is 8.42 Å². The Morgan fingerprint density at radius 3 is 2.88 bits per heavy atom. The molecule has 1 N–H and O–H groups in total. The third-order valence-electron chi connectivity index (χ3n) is 2.23. The quantitative estimate of drug-likeness (QED) is 0.776. The van der Waals surface area contributed by atoms with E-state index in [2.05, 4.69) is 9.71 Å². The van der Waals surface area contributed by atoms with Crippen molar-refractivity contribution >= 4 is 15.9 Å². The minimum atomic E-state index is -3.41. The summed E-state index contributed by atoms with van der Waals surface area (Å²) >= 11 is 0. The van der Waals surface area contributed by atoms with Crippen LogP contribution in [0.1, 0.15) is 5.56 Å². The topological polar surface area (TPSA) is 67.8 Å². The first-order chi connectivity index (χ1) is 7.65. The van der Waals surface area contributed by atoms with Crippen molar-refractivity contribution in [1.82, 2.24) is 4.72 Å². The molecular weight excluding hydrogens is 228 g/mol. The summed E-state index contributed by atoms with van der Waals surface area (Å²) in [4.78, 5) is 4.43. The van der Waals surface area contributed by atoms with Gasteiger partial charge in [0.05, 0.1) is 18.0 Å². The number of rotatable bonds is 3. The van der Waals surface area contributed by atoms with Crippen LogP contribution in [0.5, 0.6) is 0 Å². The molecule has 0 aromatic heterocycles. The molecule has 2 rings (SSSR count). The number of amidine groups is 1. The molecule has 1 aliphatic rings. The summed E-state index contributed by atoms with van der Waals surface area (Å²) in [6.45, 7) is 0.899. The maximum absolute atomic E-state index is 11.7. The Morgan fingerprint density at radius 2 is 2.12 bits per heavy atom. The molecule has 5 nitrogen and oxygen atoms in total. The van der Waals surface area contributed by atoms with E-state index in [9.17, 15) is 8.42 Å². The van der Waals surface area contributed by atoms with Crippen LogP contribution in [0.15, 0.2) is 34.2 Å². The number of fused-ring (bicyclic) bond motifs is 1. The van der Waals surface area contributed by atoms with Crippen LogP contribution in [-0.2, 0) is 14.8 Å². The van der Waals surface area contributed by atoms with Crippen molar-refractivity contribution < 1.29 is 13.2 Å². The van der Waals surface area contributed by atoms with Crippen LogP contribution in [0, 0.1) is 0 Å². The molecule has 0 saturated carbocycles. The lowest BCUT2D eigenvalue weighted by atomic mass is 10.2. The van der Waals surface area contributed by atoms with Crippen LogP contribution in [0.25, 0.3) is 0 Å². The van der Waals surface area contributed by atoms with E-state index in [4.69, 9.17) is 4.74 Å². The largest absolute Gasteiger partial charge is 0.383 e. The average molecular weight is 240 g/mol. The Balaban J connectivity index is 2.37. The number of nitrogens with zero attached hydrogens (tertiary/aromatic N) is 1. The standard InChI is InChI=1S/C10H12N2O3S/c1-15-7-6-11-10-8-4-2-3-5-9(8)16(13,14)12-10/h2-5H,6-7H2,1H3,(H,11,12). The molecular formula is C10H12N2O3S. The molecule has 86 valence electrons. The molecule has 0 spiro atoms. The first-order valence-electron chi connectivity index (χ1n) is 4.81. The SMILES string of the molecule is COCCN=C1NS(=O)(=O)c2ccccc21. The van der Waals surface area contributed by atoms with Crippen molar-refractivity contribution in [3.63, 3.8) is 0 Å². The van der Waals surface area contributed by atoms with Crippen molar-refractivity contribution in [2.75, 3.05) is 20.3 Å². The number of nitrogens with one attached hydrogen (secondary N) is 1. The Morgan fingerprint density at radius 1 is 1.38 bits per heavy atom. The van der Waals surface area contributed by atoms with E-state index < -0.39 is 10.0 Å². The van der Waals surface area contributed by atoms with Crippen LogP contribution < -0.4 is 4.72 Å². The molecule has 0 aliphatic carbocycles. The first kappa shape index (κ1) is 11.1. The number of ether oxygens (including phenoxy) is 1. The molecule has 0 unspecified atom stereocenters. The predicted molar refractivity (Wildman–Crippen MR) is 60.0 cm³/mol. The summed E-state index contributed by atoms with van der Waals surface area (Å²) in [6, 6.07) is 6.78. The monoisotopic (exact) mass is 240 g/mol. The van der Waals surface area contributed by atoms with E-state index in [1.165, 1.54) is 0 Å². The molecule has 16 heavy (non-hydrogen) atoms. The van der Waals surface area contributed by atoms with Gasteiger partial charge in [-0.1, -0.05) is 12.1 Å². The minimum absolute atomic E-state index is 0.283. The summed E-state index contributed by atoms with van der Waals surface area (Å²) in [5, 5.41) is 0. The zero-order chi connectivity index (χ0) is 11.6. The van der Waals surface area contributed by atoms with Gasteiger partial charge >= 0.3 is 0 Å². The fourth-order valence-electron chi connectivity index (χ4n) is 1.50. The van der Waals surface area contributed by atoms with Gasteiger partial charge in [0, 0.05) is 12.7 Å². The molecule has 1 aromatic carbocycles. The fourth-order valence-corrected chi connectivity index (χ4v) is 2.75. The van der Waals surface area contributed by atoms with Crippen molar-refractivity contribution in [2.45, 2.75) is 4.90 Å². The third kappa shape index (κ3) is 1.94. The Kier molecular flexibility index (Phi) is 2.93. The second-order valence-electron chi connectivity index (χ2n) is 3.32. The molecule has 1 heterocycles. The molecule has 0 bridgehead atoms. The van der Waals surface area contributed by atoms with Crippen LogP contribution in [0.3, 0.4) is 0 Å². The summed E-state index contributed by atoms with van der Waals surface area (Å²) in [5.74, 6) is 0.396. The van der Waals surface area contributed by atoms with Gasteiger partial charge in [-0.2, -0.15) is 0 Å². The number of hydrogen-bond acceptors (Lipinski definition) is 4. The molecule has 1 aliphatic heterocycles. The first-order valence-corrected chi connectivity index (χ1v) is 6.29. The van der Waals surface area contributed by atoms with Gasteiger partial charge in [0.2, 0.25) is 0 Å².